The topological polar surface area (TPSA) is 44.4 Å². The summed E-state index contributed by atoms with van der Waals surface area (Å²) in [5.41, 5.74) is 0.827. The van der Waals surface area contributed by atoms with Gasteiger partial charge in [0, 0.05) is 38.8 Å². The van der Waals surface area contributed by atoms with Crippen LogP contribution in [0.4, 0.5) is 8.78 Å². The minimum absolute atomic E-state index is 0.0223. The van der Waals surface area contributed by atoms with E-state index in [-0.39, 0.29) is 17.5 Å². The first-order valence-corrected chi connectivity index (χ1v) is 6.65. The number of benzene rings is 1. The van der Waals surface area contributed by atoms with Crippen LogP contribution < -0.4 is 10.6 Å². The van der Waals surface area contributed by atoms with E-state index in [1.807, 2.05) is 11.0 Å². The van der Waals surface area contributed by atoms with Crippen LogP contribution in [-0.2, 0) is 11.3 Å². The number of nitrogens with one attached hydrogen (secondary N) is 2. The predicted octanol–water partition coefficient (Wildman–Crippen LogP) is 1.14. The summed E-state index contributed by atoms with van der Waals surface area (Å²) in [6.07, 6.45) is -2.47. The van der Waals surface area contributed by atoms with Gasteiger partial charge < -0.3 is 10.6 Å². The van der Waals surface area contributed by atoms with Gasteiger partial charge in [-0.15, -0.1) is 0 Å². The van der Waals surface area contributed by atoms with Crippen molar-refractivity contribution < 1.29 is 13.6 Å². The molecule has 1 heterocycles. The van der Waals surface area contributed by atoms with Crippen molar-refractivity contribution in [2.45, 2.75) is 19.0 Å². The van der Waals surface area contributed by atoms with E-state index in [1.165, 1.54) is 12.1 Å². The molecule has 0 aliphatic carbocycles. The molecule has 1 aliphatic heterocycles. The second-order valence-corrected chi connectivity index (χ2v) is 4.85. The van der Waals surface area contributed by atoms with Crippen molar-refractivity contribution in [2.75, 3.05) is 26.7 Å². The maximum atomic E-state index is 12.7. The number of hydrogen-bond acceptors (Lipinski definition) is 3. The minimum Gasteiger partial charge on any atom is -0.358 e. The molecule has 1 aromatic rings. The number of alkyl halides is 2. The van der Waals surface area contributed by atoms with Crippen molar-refractivity contribution in [2.24, 2.45) is 0 Å². The predicted molar refractivity (Wildman–Crippen MR) is 72.5 cm³/mol. The second kappa shape index (κ2) is 6.76. The van der Waals surface area contributed by atoms with Crippen molar-refractivity contribution in [3.05, 3.63) is 35.4 Å². The highest BCUT2D eigenvalue weighted by atomic mass is 19.3. The zero-order valence-electron chi connectivity index (χ0n) is 11.4. The van der Waals surface area contributed by atoms with Crippen LogP contribution in [-0.4, -0.2) is 43.5 Å². The largest absolute Gasteiger partial charge is 0.358 e. The number of likely N-dealkylation sites (N-methyl/N-ethyl adjacent to an activating group) is 1. The highest BCUT2D eigenvalue weighted by Crippen LogP contribution is 2.20. The van der Waals surface area contributed by atoms with Gasteiger partial charge in [0.05, 0.1) is 0 Å². The van der Waals surface area contributed by atoms with Crippen molar-refractivity contribution in [1.29, 1.82) is 0 Å². The second-order valence-electron chi connectivity index (χ2n) is 4.85. The van der Waals surface area contributed by atoms with Crippen LogP contribution in [0.5, 0.6) is 0 Å². The number of piperazine rings is 1. The smallest absolute Gasteiger partial charge is 0.263 e. The lowest BCUT2D eigenvalue weighted by atomic mass is 10.1. The van der Waals surface area contributed by atoms with Gasteiger partial charge in [-0.25, -0.2) is 8.78 Å². The molecule has 110 valence electrons. The standard InChI is InChI=1S/C14H19F2N3O/c1-17-14(20)12-8-18-5-6-19(12)9-10-3-2-4-11(7-10)13(15)16/h2-4,7,12-13,18H,5-6,8-9H2,1H3,(H,17,20). The van der Waals surface area contributed by atoms with E-state index in [4.69, 9.17) is 0 Å². The number of nitrogens with zero attached hydrogens (tertiary/aromatic N) is 1. The molecule has 1 aromatic carbocycles. The van der Waals surface area contributed by atoms with Gasteiger partial charge in [0.1, 0.15) is 6.04 Å². The van der Waals surface area contributed by atoms with Gasteiger partial charge in [0.2, 0.25) is 5.91 Å². The number of carbonyl (C=O) groups is 1. The first-order chi connectivity index (χ1) is 9.61. The van der Waals surface area contributed by atoms with E-state index in [2.05, 4.69) is 10.6 Å². The number of carbonyl (C=O) groups excluding carboxylic acids is 1. The van der Waals surface area contributed by atoms with Crippen LogP contribution in [0, 0.1) is 0 Å². The Hall–Kier alpha value is -1.53. The third kappa shape index (κ3) is 3.52. The van der Waals surface area contributed by atoms with E-state index in [0.717, 1.165) is 18.7 Å². The third-order valence-corrected chi connectivity index (χ3v) is 3.49. The summed E-state index contributed by atoms with van der Waals surface area (Å²) in [6.45, 7) is 2.59. The van der Waals surface area contributed by atoms with Gasteiger partial charge in [-0.2, -0.15) is 0 Å². The number of amides is 1. The van der Waals surface area contributed by atoms with Crippen LogP contribution in [0.3, 0.4) is 0 Å². The summed E-state index contributed by atoms with van der Waals surface area (Å²) >= 11 is 0. The molecular weight excluding hydrogens is 264 g/mol. The highest BCUT2D eigenvalue weighted by Gasteiger charge is 2.27. The molecule has 0 bridgehead atoms. The average Bonchev–Trinajstić information content (AvgIpc) is 2.47. The summed E-state index contributed by atoms with van der Waals surface area (Å²) in [6, 6.07) is 6.11. The third-order valence-electron chi connectivity index (χ3n) is 3.49. The van der Waals surface area contributed by atoms with Crippen molar-refractivity contribution in [1.82, 2.24) is 15.5 Å². The maximum absolute atomic E-state index is 12.7. The van der Waals surface area contributed by atoms with E-state index in [1.54, 1.807) is 13.1 Å². The van der Waals surface area contributed by atoms with Crippen molar-refractivity contribution in [3.63, 3.8) is 0 Å². The summed E-state index contributed by atoms with van der Waals surface area (Å²) < 4.78 is 25.4. The highest BCUT2D eigenvalue weighted by molar-refractivity contribution is 5.81. The molecule has 2 N–H and O–H groups in total. The monoisotopic (exact) mass is 283 g/mol. The molecule has 1 amide bonds. The van der Waals surface area contributed by atoms with Gasteiger partial charge in [0.25, 0.3) is 6.43 Å². The SMILES string of the molecule is CNC(=O)C1CNCCN1Cc1cccc(C(F)F)c1. The molecule has 0 spiro atoms. The molecule has 4 nitrogen and oxygen atoms in total. The number of hydrogen-bond donors (Lipinski definition) is 2. The zero-order chi connectivity index (χ0) is 14.5. The van der Waals surface area contributed by atoms with Gasteiger partial charge >= 0.3 is 0 Å². The van der Waals surface area contributed by atoms with Crippen LogP contribution in [0.1, 0.15) is 17.6 Å². The van der Waals surface area contributed by atoms with Gasteiger partial charge in [-0.3, -0.25) is 9.69 Å². The lowest BCUT2D eigenvalue weighted by molar-refractivity contribution is -0.126. The Morgan fingerprint density at radius 2 is 2.35 bits per heavy atom. The molecule has 2 rings (SSSR count). The molecule has 1 unspecified atom stereocenters. The van der Waals surface area contributed by atoms with E-state index >= 15 is 0 Å². The van der Waals surface area contributed by atoms with Crippen LogP contribution in [0.15, 0.2) is 24.3 Å². The Morgan fingerprint density at radius 1 is 1.55 bits per heavy atom. The zero-order valence-corrected chi connectivity index (χ0v) is 11.4. The molecule has 1 saturated heterocycles. The van der Waals surface area contributed by atoms with Gasteiger partial charge in [-0.1, -0.05) is 18.2 Å². The van der Waals surface area contributed by atoms with Crippen LogP contribution >= 0.6 is 0 Å². The normalized spacial score (nSPS) is 20.1. The molecule has 0 radical (unpaired) electrons. The van der Waals surface area contributed by atoms with E-state index in [9.17, 15) is 13.6 Å². The van der Waals surface area contributed by atoms with Gasteiger partial charge in [0.15, 0.2) is 0 Å². The molecule has 1 aliphatic rings. The fourth-order valence-corrected chi connectivity index (χ4v) is 2.42. The lowest BCUT2D eigenvalue weighted by Crippen LogP contribution is -2.56. The molecule has 0 aromatic heterocycles. The fraction of sp³-hybridized carbons (Fsp3) is 0.500. The summed E-state index contributed by atoms with van der Waals surface area (Å²) in [4.78, 5) is 13.8. The first-order valence-electron chi connectivity index (χ1n) is 6.65. The summed E-state index contributed by atoms with van der Waals surface area (Å²) in [5, 5.41) is 5.81. The van der Waals surface area contributed by atoms with Crippen molar-refractivity contribution >= 4 is 5.91 Å². The van der Waals surface area contributed by atoms with Crippen molar-refractivity contribution in [3.8, 4) is 0 Å². The Kier molecular flexibility index (Phi) is 5.03. The fourth-order valence-electron chi connectivity index (χ4n) is 2.42. The summed E-state index contributed by atoms with van der Waals surface area (Å²) in [5.74, 6) is -0.0535. The maximum Gasteiger partial charge on any atom is 0.263 e. The summed E-state index contributed by atoms with van der Waals surface area (Å²) in [7, 11) is 1.60. The van der Waals surface area contributed by atoms with E-state index in [0.29, 0.717) is 13.1 Å². The molecule has 6 heteroatoms. The Balaban J connectivity index is 2.10. The molecular formula is C14H19F2N3O. The lowest BCUT2D eigenvalue weighted by Gasteiger charge is -2.34. The molecule has 1 fully saturated rings. The molecule has 1 atom stereocenters. The van der Waals surface area contributed by atoms with Crippen LogP contribution in [0.25, 0.3) is 0 Å². The number of halogens is 2. The Morgan fingerprint density at radius 3 is 3.05 bits per heavy atom. The minimum atomic E-state index is -2.47. The quantitative estimate of drug-likeness (QED) is 0.871. The molecule has 0 saturated carbocycles. The Labute approximate surface area is 117 Å². The average molecular weight is 283 g/mol. The number of rotatable bonds is 4. The first kappa shape index (κ1) is 14.9. The van der Waals surface area contributed by atoms with E-state index < -0.39 is 6.43 Å². The Bertz CT molecular complexity index is 467. The van der Waals surface area contributed by atoms with Crippen LogP contribution in [0.2, 0.25) is 0 Å². The van der Waals surface area contributed by atoms with Gasteiger partial charge in [-0.05, 0) is 11.6 Å². The molecule has 20 heavy (non-hydrogen) atoms.